The normalized spacial score (nSPS) is 30.6. The first kappa shape index (κ1) is 20.7. The standard InChI is InChI=1S/C22H25F3N4O2/c23-13-6-17(22(25)18(24)7-13)19-1-2-21(28-27-19)29-10-12-5-14(26)8-16(12)20(29)9-15-11-30-3-4-31-15/h1-2,6-7,12,14-16,20H,3-5,8-11,26H2/t12-,14+,15-,16+,20+/m1/s1. The second-order valence-electron chi connectivity index (χ2n) is 8.70. The number of ether oxygens (including phenoxy) is 2. The molecule has 0 radical (unpaired) electrons. The topological polar surface area (TPSA) is 73.5 Å². The smallest absolute Gasteiger partial charge is 0.168 e. The molecule has 1 saturated carbocycles. The Morgan fingerprint density at radius 1 is 1.10 bits per heavy atom. The maximum Gasteiger partial charge on any atom is 0.168 e. The predicted octanol–water partition coefficient (Wildman–Crippen LogP) is 2.91. The highest BCUT2D eigenvalue weighted by Gasteiger charge is 2.47. The zero-order chi connectivity index (χ0) is 21.5. The number of anilines is 1. The quantitative estimate of drug-likeness (QED) is 0.746. The molecule has 0 spiro atoms. The molecule has 3 heterocycles. The lowest BCUT2D eigenvalue weighted by molar-refractivity contribution is -0.0936. The van der Waals surface area contributed by atoms with Gasteiger partial charge in [-0.3, -0.25) is 0 Å². The van der Waals surface area contributed by atoms with Gasteiger partial charge in [0, 0.05) is 30.3 Å². The largest absolute Gasteiger partial charge is 0.376 e. The molecule has 31 heavy (non-hydrogen) atoms. The Labute approximate surface area is 178 Å². The second-order valence-corrected chi connectivity index (χ2v) is 8.70. The van der Waals surface area contributed by atoms with Gasteiger partial charge in [0.25, 0.3) is 0 Å². The third-order valence-electron chi connectivity index (χ3n) is 6.71. The summed E-state index contributed by atoms with van der Waals surface area (Å²) in [6.45, 7) is 2.59. The number of hydrogen-bond acceptors (Lipinski definition) is 6. The SMILES string of the molecule is N[C@H]1C[C@@H]2CN(c3ccc(-c4cc(F)cc(F)c4F)nn3)[C@@H](C[C@@H]3COCCO3)[C@H]2C1. The summed E-state index contributed by atoms with van der Waals surface area (Å²) in [7, 11) is 0. The van der Waals surface area contributed by atoms with E-state index >= 15 is 0 Å². The highest BCUT2D eigenvalue weighted by Crippen LogP contribution is 2.45. The summed E-state index contributed by atoms with van der Waals surface area (Å²) in [5.41, 5.74) is 6.07. The fourth-order valence-electron chi connectivity index (χ4n) is 5.37. The highest BCUT2D eigenvalue weighted by molar-refractivity contribution is 5.61. The van der Waals surface area contributed by atoms with E-state index in [0.29, 0.717) is 43.5 Å². The van der Waals surface area contributed by atoms with Crippen molar-refractivity contribution >= 4 is 5.82 Å². The van der Waals surface area contributed by atoms with Crippen LogP contribution in [0.1, 0.15) is 19.3 Å². The summed E-state index contributed by atoms with van der Waals surface area (Å²) in [5.74, 6) is -1.68. The van der Waals surface area contributed by atoms with Crippen molar-refractivity contribution in [1.82, 2.24) is 10.2 Å². The summed E-state index contributed by atoms with van der Waals surface area (Å²) < 4.78 is 52.7. The van der Waals surface area contributed by atoms with E-state index in [2.05, 4.69) is 15.1 Å². The minimum absolute atomic E-state index is 0.0217. The zero-order valence-electron chi connectivity index (χ0n) is 17.0. The highest BCUT2D eigenvalue weighted by atomic mass is 19.2. The van der Waals surface area contributed by atoms with Crippen molar-refractivity contribution in [2.45, 2.75) is 37.5 Å². The van der Waals surface area contributed by atoms with E-state index in [9.17, 15) is 13.2 Å². The van der Waals surface area contributed by atoms with Gasteiger partial charge >= 0.3 is 0 Å². The molecule has 1 aromatic heterocycles. The molecule has 0 bridgehead atoms. The van der Waals surface area contributed by atoms with E-state index in [1.807, 2.05) is 0 Å². The molecule has 2 N–H and O–H groups in total. The summed E-state index contributed by atoms with van der Waals surface area (Å²) in [5, 5.41) is 8.37. The van der Waals surface area contributed by atoms with E-state index in [1.54, 1.807) is 12.1 Å². The van der Waals surface area contributed by atoms with Gasteiger partial charge in [-0.25, -0.2) is 13.2 Å². The number of hydrogen-bond donors (Lipinski definition) is 1. The van der Waals surface area contributed by atoms with E-state index < -0.39 is 17.5 Å². The van der Waals surface area contributed by atoms with Crippen LogP contribution in [-0.2, 0) is 9.47 Å². The van der Waals surface area contributed by atoms with Gasteiger partial charge in [0.05, 0.1) is 31.6 Å². The number of nitrogens with zero attached hydrogens (tertiary/aromatic N) is 3. The van der Waals surface area contributed by atoms with Gasteiger partial charge in [-0.05, 0) is 49.3 Å². The fraction of sp³-hybridized carbons (Fsp3) is 0.545. The van der Waals surface area contributed by atoms with Gasteiger partial charge in [0.15, 0.2) is 17.5 Å². The van der Waals surface area contributed by atoms with Crippen molar-refractivity contribution in [2.75, 3.05) is 31.3 Å². The van der Waals surface area contributed by atoms with Gasteiger partial charge in [-0.2, -0.15) is 0 Å². The lowest BCUT2D eigenvalue weighted by atomic mass is 9.90. The third kappa shape index (κ3) is 4.02. The zero-order valence-corrected chi connectivity index (χ0v) is 17.0. The summed E-state index contributed by atoms with van der Waals surface area (Å²) >= 11 is 0. The fourth-order valence-corrected chi connectivity index (χ4v) is 5.37. The van der Waals surface area contributed by atoms with Crippen LogP contribution in [0.4, 0.5) is 19.0 Å². The summed E-state index contributed by atoms with van der Waals surface area (Å²) in [6.07, 6.45) is 2.76. The van der Waals surface area contributed by atoms with Crippen LogP contribution in [0.2, 0.25) is 0 Å². The van der Waals surface area contributed by atoms with Crippen molar-refractivity contribution in [2.24, 2.45) is 17.6 Å². The number of nitrogens with two attached hydrogens (primary N) is 1. The number of benzene rings is 1. The monoisotopic (exact) mass is 434 g/mol. The Bertz CT molecular complexity index is 939. The first-order valence-electron chi connectivity index (χ1n) is 10.7. The predicted molar refractivity (Wildman–Crippen MR) is 108 cm³/mol. The molecule has 2 aliphatic heterocycles. The summed E-state index contributed by atoms with van der Waals surface area (Å²) in [6, 6.07) is 5.12. The Morgan fingerprint density at radius 3 is 2.71 bits per heavy atom. The molecule has 3 fully saturated rings. The lowest BCUT2D eigenvalue weighted by Crippen LogP contribution is -2.41. The lowest BCUT2D eigenvalue weighted by Gasteiger charge is -2.33. The van der Waals surface area contributed by atoms with Crippen molar-refractivity contribution < 1.29 is 22.6 Å². The maximum absolute atomic E-state index is 14.1. The third-order valence-corrected chi connectivity index (χ3v) is 6.71. The molecular weight excluding hydrogens is 409 g/mol. The van der Waals surface area contributed by atoms with Crippen LogP contribution >= 0.6 is 0 Å². The van der Waals surface area contributed by atoms with Crippen molar-refractivity contribution in [3.8, 4) is 11.3 Å². The van der Waals surface area contributed by atoms with E-state index in [1.165, 1.54) is 0 Å². The van der Waals surface area contributed by atoms with Crippen LogP contribution in [0.15, 0.2) is 24.3 Å². The Morgan fingerprint density at radius 2 is 1.97 bits per heavy atom. The average molecular weight is 434 g/mol. The van der Waals surface area contributed by atoms with Crippen molar-refractivity contribution in [1.29, 1.82) is 0 Å². The molecular formula is C22H25F3N4O2. The van der Waals surface area contributed by atoms with E-state index in [4.69, 9.17) is 15.2 Å². The van der Waals surface area contributed by atoms with Gasteiger partial charge < -0.3 is 20.1 Å². The van der Waals surface area contributed by atoms with Gasteiger partial charge in [0.1, 0.15) is 5.82 Å². The Hall–Kier alpha value is -2.23. The first-order chi connectivity index (χ1) is 15.0. The molecule has 1 aliphatic carbocycles. The minimum atomic E-state index is -1.25. The van der Waals surface area contributed by atoms with Crippen LogP contribution in [0.5, 0.6) is 0 Å². The molecule has 2 aromatic rings. The molecule has 2 saturated heterocycles. The van der Waals surface area contributed by atoms with Crippen molar-refractivity contribution in [3.63, 3.8) is 0 Å². The van der Waals surface area contributed by atoms with Crippen LogP contribution in [0.25, 0.3) is 11.3 Å². The number of aromatic nitrogens is 2. The second kappa shape index (κ2) is 8.37. The number of halogens is 3. The van der Waals surface area contributed by atoms with E-state index in [0.717, 1.165) is 31.9 Å². The molecule has 3 aliphatic rings. The number of fused-ring (bicyclic) bond motifs is 1. The first-order valence-corrected chi connectivity index (χ1v) is 10.7. The Kier molecular flexibility index (Phi) is 5.58. The van der Waals surface area contributed by atoms with Gasteiger partial charge in [-0.15, -0.1) is 10.2 Å². The summed E-state index contributed by atoms with van der Waals surface area (Å²) in [4.78, 5) is 2.22. The molecule has 5 atom stereocenters. The van der Waals surface area contributed by atoms with Crippen molar-refractivity contribution in [3.05, 3.63) is 41.7 Å². The molecule has 9 heteroatoms. The van der Waals surface area contributed by atoms with E-state index in [-0.39, 0.29) is 29.4 Å². The minimum Gasteiger partial charge on any atom is -0.376 e. The molecule has 5 rings (SSSR count). The van der Waals surface area contributed by atoms with Crippen LogP contribution in [-0.4, -0.2) is 54.8 Å². The maximum atomic E-state index is 14.1. The molecule has 6 nitrogen and oxygen atoms in total. The van der Waals surface area contributed by atoms with Crippen LogP contribution in [0, 0.1) is 29.3 Å². The Balaban J connectivity index is 1.40. The van der Waals surface area contributed by atoms with Gasteiger partial charge in [0.2, 0.25) is 0 Å². The molecule has 0 amide bonds. The van der Waals surface area contributed by atoms with Crippen LogP contribution < -0.4 is 10.6 Å². The van der Waals surface area contributed by atoms with Gasteiger partial charge in [-0.1, -0.05) is 0 Å². The van der Waals surface area contributed by atoms with Crippen LogP contribution in [0.3, 0.4) is 0 Å². The number of rotatable bonds is 4. The molecule has 166 valence electrons. The molecule has 1 aromatic carbocycles. The average Bonchev–Trinajstić information content (AvgIpc) is 3.28. The molecule has 0 unspecified atom stereocenters.